The zero-order valence-corrected chi connectivity index (χ0v) is 16.2. The summed E-state index contributed by atoms with van der Waals surface area (Å²) in [6.45, 7) is 3.95. The Balaban J connectivity index is 1.53. The van der Waals surface area contributed by atoms with Crippen molar-refractivity contribution in [3.8, 4) is 11.3 Å². The Morgan fingerprint density at radius 2 is 1.62 bits per heavy atom. The highest BCUT2D eigenvalue weighted by Gasteiger charge is 2.72. The maximum Gasteiger partial charge on any atom is 0.240 e. The number of amides is 2. The summed E-state index contributed by atoms with van der Waals surface area (Å²) in [6, 6.07) is 11.5. The number of nitrogens with zero attached hydrogens (tertiary/aromatic N) is 2. The van der Waals surface area contributed by atoms with Crippen LogP contribution in [0, 0.1) is 11.8 Å². The largest absolute Gasteiger partial charge is 0.443 e. The first-order chi connectivity index (χ1) is 13.9. The Labute approximate surface area is 167 Å². The van der Waals surface area contributed by atoms with Gasteiger partial charge in [0.1, 0.15) is 0 Å². The molecule has 0 spiro atoms. The fourth-order valence-corrected chi connectivity index (χ4v) is 5.75. The SMILES string of the molecule is CC12CC[C@@](C)(O1)[C@H]1C(=O)N(c3ccc(-c4cnco4)c4ccccc34)C(=O)C12. The molecule has 29 heavy (non-hydrogen) atoms. The number of benzene rings is 2. The lowest BCUT2D eigenvalue weighted by atomic mass is 9.69. The number of anilines is 1. The predicted octanol–water partition coefficient (Wildman–Crippen LogP) is 3.94. The van der Waals surface area contributed by atoms with Gasteiger partial charge in [-0.15, -0.1) is 0 Å². The van der Waals surface area contributed by atoms with Crippen LogP contribution in [0.1, 0.15) is 26.7 Å². The number of oxazole rings is 1. The summed E-state index contributed by atoms with van der Waals surface area (Å²) in [5, 5.41) is 1.75. The molecule has 146 valence electrons. The van der Waals surface area contributed by atoms with Gasteiger partial charge in [-0.3, -0.25) is 9.59 Å². The minimum atomic E-state index is -0.559. The number of carbonyl (C=O) groups is 2. The highest BCUT2D eigenvalue weighted by atomic mass is 16.5. The molecule has 2 aromatic carbocycles. The summed E-state index contributed by atoms with van der Waals surface area (Å²) in [7, 11) is 0. The van der Waals surface area contributed by atoms with Crippen molar-refractivity contribution >= 4 is 28.3 Å². The van der Waals surface area contributed by atoms with Crippen molar-refractivity contribution in [2.24, 2.45) is 11.8 Å². The number of fused-ring (bicyclic) bond motifs is 6. The van der Waals surface area contributed by atoms with Crippen molar-refractivity contribution in [3.05, 3.63) is 49.0 Å². The van der Waals surface area contributed by atoms with Crippen LogP contribution in [-0.4, -0.2) is 28.0 Å². The fourth-order valence-electron chi connectivity index (χ4n) is 5.75. The molecule has 4 heterocycles. The van der Waals surface area contributed by atoms with Crippen LogP contribution in [0.5, 0.6) is 0 Å². The number of carbonyl (C=O) groups excluding carboxylic acids is 2. The van der Waals surface area contributed by atoms with E-state index >= 15 is 0 Å². The zero-order chi connectivity index (χ0) is 20.0. The average Bonchev–Trinajstić information content (AvgIpc) is 3.44. The number of hydrogen-bond acceptors (Lipinski definition) is 5. The number of ether oxygens (including phenoxy) is 1. The minimum Gasteiger partial charge on any atom is -0.443 e. The lowest BCUT2D eigenvalue weighted by molar-refractivity contribution is -0.129. The molecular weight excluding hydrogens is 368 g/mol. The first-order valence-corrected chi connectivity index (χ1v) is 9.92. The van der Waals surface area contributed by atoms with Crippen LogP contribution in [0.3, 0.4) is 0 Å². The lowest BCUT2D eigenvalue weighted by Gasteiger charge is -2.27. The van der Waals surface area contributed by atoms with Crippen molar-refractivity contribution in [1.29, 1.82) is 0 Å². The molecule has 0 N–H and O–H groups in total. The quantitative estimate of drug-likeness (QED) is 0.622. The molecule has 3 aliphatic rings. The third-order valence-corrected chi connectivity index (χ3v) is 7.05. The van der Waals surface area contributed by atoms with Crippen LogP contribution in [0.4, 0.5) is 5.69 Å². The van der Waals surface area contributed by atoms with Crippen molar-refractivity contribution < 1.29 is 18.7 Å². The molecule has 2 amide bonds. The van der Waals surface area contributed by atoms with E-state index in [1.165, 1.54) is 11.3 Å². The van der Waals surface area contributed by atoms with Gasteiger partial charge in [-0.2, -0.15) is 0 Å². The monoisotopic (exact) mass is 388 g/mol. The van der Waals surface area contributed by atoms with Gasteiger partial charge in [0.25, 0.3) is 0 Å². The Morgan fingerprint density at radius 3 is 2.24 bits per heavy atom. The van der Waals surface area contributed by atoms with E-state index < -0.39 is 23.0 Å². The van der Waals surface area contributed by atoms with Crippen molar-refractivity contribution in [3.63, 3.8) is 0 Å². The second-order valence-electron chi connectivity index (χ2n) is 8.74. The molecule has 2 bridgehead atoms. The lowest BCUT2D eigenvalue weighted by Crippen LogP contribution is -2.40. The summed E-state index contributed by atoms with van der Waals surface area (Å²) in [5.41, 5.74) is 0.385. The number of imide groups is 1. The van der Waals surface area contributed by atoms with E-state index in [0.29, 0.717) is 11.4 Å². The molecular formula is C23H20N2O4. The van der Waals surface area contributed by atoms with Gasteiger partial charge < -0.3 is 9.15 Å². The van der Waals surface area contributed by atoms with Crippen molar-refractivity contribution in [2.45, 2.75) is 37.9 Å². The van der Waals surface area contributed by atoms with E-state index in [-0.39, 0.29) is 11.8 Å². The second kappa shape index (κ2) is 5.33. The van der Waals surface area contributed by atoms with Gasteiger partial charge in [0, 0.05) is 10.9 Å². The van der Waals surface area contributed by atoms with Gasteiger partial charge in [0.2, 0.25) is 11.8 Å². The third kappa shape index (κ3) is 2.02. The van der Waals surface area contributed by atoms with Gasteiger partial charge in [0.15, 0.2) is 12.2 Å². The normalized spacial score (nSPS) is 33.1. The molecule has 3 aromatic rings. The minimum absolute atomic E-state index is 0.150. The van der Waals surface area contributed by atoms with Gasteiger partial charge >= 0.3 is 0 Å². The van der Waals surface area contributed by atoms with Crippen molar-refractivity contribution in [2.75, 3.05) is 4.90 Å². The third-order valence-electron chi connectivity index (χ3n) is 7.05. The van der Waals surface area contributed by atoms with E-state index in [2.05, 4.69) is 4.98 Å². The van der Waals surface area contributed by atoms with Crippen LogP contribution in [0.25, 0.3) is 22.1 Å². The summed E-state index contributed by atoms with van der Waals surface area (Å²) < 4.78 is 11.7. The molecule has 3 fully saturated rings. The molecule has 6 nitrogen and oxygen atoms in total. The molecule has 4 atom stereocenters. The van der Waals surface area contributed by atoms with E-state index in [0.717, 1.165) is 29.2 Å². The second-order valence-corrected chi connectivity index (χ2v) is 8.74. The highest BCUT2D eigenvalue weighted by molar-refractivity contribution is 6.26. The Kier molecular flexibility index (Phi) is 3.11. The topological polar surface area (TPSA) is 72.6 Å². The van der Waals surface area contributed by atoms with E-state index in [9.17, 15) is 9.59 Å². The van der Waals surface area contributed by atoms with Gasteiger partial charge in [-0.05, 0) is 44.2 Å². The summed E-state index contributed by atoms with van der Waals surface area (Å²) in [5.74, 6) is -0.481. The maximum absolute atomic E-state index is 13.5. The molecule has 1 aromatic heterocycles. The number of hydrogen-bond donors (Lipinski definition) is 0. The van der Waals surface area contributed by atoms with E-state index in [4.69, 9.17) is 9.15 Å². The smallest absolute Gasteiger partial charge is 0.240 e. The summed E-state index contributed by atoms with van der Waals surface area (Å²) >= 11 is 0. The average molecular weight is 388 g/mol. The summed E-state index contributed by atoms with van der Waals surface area (Å²) in [4.78, 5) is 32.4. The first kappa shape index (κ1) is 16.9. The zero-order valence-electron chi connectivity index (χ0n) is 16.2. The Morgan fingerprint density at radius 1 is 0.966 bits per heavy atom. The van der Waals surface area contributed by atoms with Crippen LogP contribution < -0.4 is 4.90 Å². The van der Waals surface area contributed by atoms with Gasteiger partial charge in [0.05, 0.1) is 34.9 Å². The molecule has 6 heteroatoms. The van der Waals surface area contributed by atoms with Crippen molar-refractivity contribution in [1.82, 2.24) is 4.98 Å². The van der Waals surface area contributed by atoms with E-state index in [1.54, 1.807) is 6.20 Å². The van der Waals surface area contributed by atoms with Crippen LogP contribution >= 0.6 is 0 Å². The molecule has 3 saturated heterocycles. The number of rotatable bonds is 2. The molecule has 2 unspecified atom stereocenters. The molecule has 0 radical (unpaired) electrons. The van der Waals surface area contributed by atoms with Gasteiger partial charge in [-0.1, -0.05) is 24.3 Å². The van der Waals surface area contributed by atoms with E-state index in [1.807, 2.05) is 50.2 Å². The first-order valence-electron chi connectivity index (χ1n) is 9.92. The standard InChI is InChI=1S/C23H20N2O4/c1-22-9-10-23(2,29-22)19-18(22)20(26)25(21(19)27)16-8-7-15(17-11-24-12-28-17)13-5-3-4-6-14(13)16/h3-8,11-12,18-19H,9-10H2,1-2H3/t18-,19?,22-,23?/m1/s1. The van der Waals surface area contributed by atoms with Gasteiger partial charge in [-0.25, -0.2) is 9.88 Å². The van der Waals surface area contributed by atoms with Crippen LogP contribution in [-0.2, 0) is 14.3 Å². The highest BCUT2D eigenvalue weighted by Crippen LogP contribution is 2.61. The molecule has 0 saturated carbocycles. The number of aromatic nitrogens is 1. The molecule has 3 aliphatic heterocycles. The Hall–Kier alpha value is -2.99. The Bertz CT molecular complexity index is 1150. The van der Waals surface area contributed by atoms with Crippen LogP contribution in [0.15, 0.2) is 53.4 Å². The molecule has 6 rings (SSSR count). The fraction of sp³-hybridized carbons (Fsp3) is 0.348. The van der Waals surface area contributed by atoms with Crippen LogP contribution in [0.2, 0.25) is 0 Å². The molecule has 0 aliphatic carbocycles. The predicted molar refractivity (Wildman–Crippen MR) is 106 cm³/mol. The summed E-state index contributed by atoms with van der Waals surface area (Å²) in [6.07, 6.45) is 4.67. The maximum atomic E-state index is 13.5.